The van der Waals surface area contributed by atoms with Crippen LogP contribution in [0.25, 0.3) is 11.0 Å². The van der Waals surface area contributed by atoms with Crippen molar-refractivity contribution in [2.45, 2.75) is 24.7 Å². The summed E-state index contributed by atoms with van der Waals surface area (Å²) < 4.78 is 10.6. The summed E-state index contributed by atoms with van der Waals surface area (Å²) in [5.74, 6) is 0.332. The Hall–Kier alpha value is -1.89. The predicted octanol–water partition coefficient (Wildman–Crippen LogP) is 0.331. The first-order valence-corrected chi connectivity index (χ1v) is 6.19. The molecule has 2 aromatic rings. The fraction of sp³-hybridized carbons (Fsp3) is 0.357. The van der Waals surface area contributed by atoms with Gasteiger partial charge in [0.2, 0.25) is 0 Å². The molecule has 106 valence electrons. The third-order valence-corrected chi connectivity index (χ3v) is 3.56. The van der Waals surface area contributed by atoms with Gasteiger partial charge in [0.25, 0.3) is 0 Å². The molecule has 1 aromatic carbocycles. The van der Waals surface area contributed by atoms with Crippen LogP contribution in [0.3, 0.4) is 0 Å². The molecule has 3 unspecified atom stereocenters. The number of ether oxygens (including phenoxy) is 1. The molecule has 0 saturated heterocycles. The molecule has 0 bridgehead atoms. The third kappa shape index (κ3) is 1.81. The fourth-order valence-electron chi connectivity index (χ4n) is 2.43. The van der Waals surface area contributed by atoms with Crippen molar-refractivity contribution in [1.82, 2.24) is 0 Å². The van der Waals surface area contributed by atoms with E-state index >= 15 is 0 Å². The Morgan fingerprint density at radius 1 is 1.30 bits per heavy atom. The van der Waals surface area contributed by atoms with Crippen LogP contribution in [0.4, 0.5) is 0 Å². The summed E-state index contributed by atoms with van der Waals surface area (Å²) in [7, 11) is 0. The number of hydrogen-bond acceptors (Lipinski definition) is 6. The molecule has 6 heteroatoms. The van der Waals surface area contributed by atoms with Crippen LogP contribution in [-0.4, -0.2) is 33.6 Å². The Kier molecular flexibility index (Phi) is 2.82. The van der Waals surface area contributed by atoms with Crippen LogP contribution < -0.4 is 10.4 Å². The molecule has 0 saturated carbocycles. The summed E-state index contributed by atoms with van der Waals surface area (Å²) in [6.07, 6.45) is -2.22. The van der Waals surface area contributed by atoms with Crippen molar-refractivity contribution in [1.29, 1.82) is 0 Å². The highest BCUT2D eigenvalue weighted by molar-refractivity contribution is 5.83. The molecule has 0 spiro atoms. The average molecular weight is 278 g/mol. The summed E-state index contributed by atoms with van der Waals surface area (Å²) >= 11 is 0. The van der Waals surface area contributed by atoms with Gasteiger partial charge in [-0.25, -0.2) is 4.79 Å². The second kappa shape index (κ2) is 4.31. The first-order chi connectivity index (χ1) is 9.44. The number of hydrogen-bond donors (Lipinski definition) is 3. The Morgan fingerprint density at radius 2 is 2.00 bits per heavy atom. The Bertz CT molecular complexity index is 717. The van der Waals surface area contributed by atoms with E-state index in [0.717, 1.165) is 0 Å². The van der Waals surface area contributed by atoms with Gasteiger partial charge < -0.3 is 24.5 Å². The highest BCUT2D eigenvalue weighted by atomic mass is 16.5. The van der Waals surface area contributed by atoms with E-state index in [1.54, 1.807) is 18.2 Å². The van der Waals surface area contributed by atoms with E-state index < -0.39 is 30.0 Å². The summed E-state index contributed by atoms with van der Waals surface area (Å²) in [6, 6.07) is 6.21. The molecule has 6 nitrogen and oxygen atoms in total. The Morgan fingerprint density at radius 3 is 2.70 bits per heavy atom. The minimum absolute atomic E-state index is 0.235. The fourth-order valence-corrected chi connectivity index (χ4v) is 2.43. The van der Waals surface area contributed by atoms with Gasteiger partial charge in [-0.15, -0.1) is 0 Å². The third-order valence-electron chi connectivity index (χ3n) is 3.56. The molecule has 0 amide bonds. The Labute approximate surface area is 113 Å². The van der Waals surface area contributed by atoms with Crippen LogP contribution in [0.15, 0.2) is 33.5 Å². The van der Waals surface area contributed by atoms with E-state index in [0.29, 0.717) is 16.7 Å². The zero-order valence-corrected chi connectivity index (χ0v) is 10.7. The molecular weight excluding hydrogens is 264 g/mol. The first kappa shape index (κ1) is 13.1. The van der Waals surface area contributed by atoms with Gasteiger partial charge in [-0.05, 0) is 25.1 Å². The highest BCUT2D eigenvalue weighted by Crippen LogP contribution is 2.43. The van der Waals surface area contributed by atoms with Crippen molar-refractivity contribution in [3.8, 4) is 5.75 Å². The number of aliphatic hydroxyl groups is 3. The molecule has 0 radical (unpaired) electrons. The van der Waals surface area contributed by atoms with Crippen molar-refractivity contribution in [2.24, 2.45) is 0 Å². The molecular formula is C14H14O6. The van der Waals surface area contributed by atoms with E-state index in [2.05, 4.69) is 0 Å². The number of fused-ring (bicyclic) bond motifs is 3. The van der Waals surface area contributed by atoms with Crippen molar-refractivity contribution in [2.75, 3.05) is 6.61 Å². The zero-order chi connectivity index (χ0) is 14.5. The van der Waals surface area contributed by atoms with Gasteiger partial charge in [0.15, 0.2) is 6.10 Å². The van der Waals surface area contributed by atoms with Crippen molar-refractivity contribution >= 4 is 11.0 Å². The van der Waals surface area contributed by atoms with E-state index in [9.17, 15) is 20.1 Å². The second-order valence-electron chi connectivity index (χ2n) is 5.15. The lowest BCUT2D eigenvalue weighted by Gasteiger charge is -2.29. The molecule has 1 aliphatic heterocycles. The maximum absolute atomic E-state index is 11.3. The van der Waals surface area contributed by atoms with Gasteiger partial charge in [0.1, 0.15) is 23.0 Å². The monoisotopic (exact) mass is 278 g/mol. The van der Waals surface area contributed by atoms with Crippen LogP contribution in [0.2, 0.25) is 0 Å². The molecule has 3 atom stereocenters. The lowest BCUT2D eigenvalue weighted by atomic mass is 9.93. The lowest BCUT2D eigenvalue weighted by Crippen LogP contribution is -2.47. The molecule has 3 N–H and O–H groups in total. The SMILES string of the molecule is CC(O)(CO)C1Oc2ccc3ccc(=O)oc3c2C1O. The predicted molar refractivity (Wildman–Crippen MR) is 69.6 cm³/mol. The van der Waals surface area contributed by atoms with Gasteiger partial charge in [-0.2, -0.15) is 0 Å². The van der Waals surface area contributed by atoms with E-state index in [1.807, 2.05) is 0 Å². The molecule has 1 aromatic heterocycles. The molecule has 20 heavy (non-hydrogen) atoms. The summed E-state index contributed by atoms with van der Waals surface area (Å²) in [5, 5.41) is 30.2. The smallest absolute Gasteiger partial charge is 0.336 e. The minimum Gasteiger partial charge on any atom is -0.484 e. The molecule has 0 aliphatic carbocycles. The van der Waals surface area contributed by atoms with Crippen molar-refractivity contribution < 1.29 is 24.5 Å². The second-order valence-corrected chi connectivity index (χ2v) is 5.15. The largest absolute Gasteiger partial charge is 0.484 e. The highest BCUT2D eigenvalue weighted by Gasteiger charge is 2.46. The molecule has 2 heterocycles. The first-order valence-electron chi connectivity index (χ1n) is 6.19. The van der Waals surface area contributed by atoms with Crippen LogP contribution in [0.1, 0.15) is 18.6 Å². The summed E-state index contributed by atoms with van der Waals surface area (Å²) in [5.41, 5.74) is -1.59. The maximum atomic E-state index is 11.3. The number of benzene rings is 1. The van der Waals surface area contributed by atoms with Crippen LogP contribution in [0.5, 0.6) is 5.75 Å². The zero-order valence-electron chi connectivity index (χ0n) is 10.7. The standard InChI is InChI=1S/C14H14O6/c1-14(18,6-15)13-11(17)10-8(19-13)4-2-7-3-5-9(16)20-12(7)10/h2-5,11,13,15,17-18H,6H2,1H3. The van der Waals surface area contributed by atoms with Gasteiger partial charge in [-0.1, -0.05) is 0 Å². The number of rotatable bonds is 2. The van der Waals surface area contributed by atoms with Gasteiger partial charge in [0, 0.05) is 11.5 Å². The van der Waals surface area contributed by atoms with E-state index in [4.69, 9.17) is 9.15 Å². The molecule has 0 fully saturated rings. The average Bonchev–Trinajstić information content (AvgIpc) is 2.77. The summed E-state index contributed by atoms with van der Waals surface area (Å²) in [6.45, 7) is 0.801. The minimum atomic E-state index is -1.61. The van der Waals surface area contributed by atoms with Crippen LogP contribution in [-0.2, 0) is 0 Å². The van der Waals surface area contributed by atoms with Gasteiger partial charge >= 0.3 is 5.63 Å². The van der Waals surface area contributed by atoms with Crippen LogP contribution in [0, 0.1) is 0 Å². The van der Waals surface area contributed by atoms with E-state index in [-0.39, 0.29) is 5.58 Å². The van der Waals surface area contributed by atoms with Crippen molar-refractivity contribution in [3.63, 3.8) is 0 Å². The van der Waals surface area contributed by atoms with Crippen LogP contribution >= 0.6 is 0 Å². The number of aliphatic hydroxyl groups excluding tert-OH is 2. The maximum Gasteiger partial charge on any atom is 0.336 e. The summed E-state index contributed by atoms with van der Waals surface area (Å²) in [4.78, 5) is 11.3. The molecule has 3 rings (SSSR count). The lowest BCUT2D eigenvalue weighted by molar-refractivity contribution is -0.112. The van der Waals surface area contributed by atoms with Crippen molar-refractivity contribution in [3.05, 3.63) is 40.2 Å². The topological polar surface area (TPSA) is 100 Å². The van der Waals surface area contributed by atoms with E-state index in [1.165, 1.54) is 13.0 Å². The molecule has 1 aliphatic rings. The van der Waals surface area contributed by atoms with Gasteiger partial charge in [-0.3, -0.25) is 0 Å². The normalized spacial score (nSPS) is 24.2. The Balaban J connectivity index is 2.18. The van der Waals surface area contributed by atoms with Gasteiger partial charge in [0.05, 0.1) is 12.2 Å². The quantitative estimate of drug-likeness (QED) is 0.685.